The number of allylic oxidation sites excluding steroid dienone is 1. The molecule has 1 aliphatic rings. The second-order valence-electron chi connectivity index (χ2n) is 6.61. The van der Waals surface area contributed by atoms with Gasteiger partial charge in [-0.2, -0.15) is 4.31 Å². The van der Waals surface area contributed by atoms with Crippen LogP contribution < -0.4 is 0 Å². The zero-order valence-electron chi connectivity index (χ0n) is 14.6. The van der Waals surface area contributed by atoms with Crippen molar-refractivity contribution in [2.75, 3.05) is 6.54 Å². The van der Waals surface area contributed by atoms with Gasteiger partial charge in [-0.05, 0) is 43.5 Å². The highest BCUT2D eigenvalue weighted by Gasteiger charge is 2.37. The zero-order chi connectivity index (χ0) is 18.0. The molecule has 130 valence electrons. The van der Waals surface area contributed by atoms with E-state index in [2.05, 4.69) is 6.58 Å². The van der Waals surface area contributed by atoms with Crippen LogP contribution in [0.5, 0.6) is 0 Å². The maximum absolute atomic E-state index is 13.2. The van der Waals surface area contributed by atoms with E-state index in [0.29, 0.717) is 17.9 Å². The van der Waals surface area contributed by atoms with E-state index in [1.807, 2.05) is 62.4 Å². The number of benzene rings is 2. The Kier molecular flexibility index (Phi) is 4.93. The lowest BCUT2D eigenvalue weighted by Crippen LogP contribution is -2.32. The van der Waals surface area contributed by atoms with Crippen molar-refractivity contribution in [3.63, 3.8) is 0 Å². The van der Waals surface area contributed by atoms with Gasteiger partial charge in [-0.1, -0.05) is 66.3 Å². The smallest absolute Gasteiger partial charge is 0.207 e. The summed E-state index contributed by atoms with van der Waals surface area (Å²) in [5.74, 6) is 0. The summed E-state index contributed by atoms with van der Waals surface area (Å²) < 4.78 is 28.1. The van der Waals surface area contributed by atoms with E-state index in [1.165, 1.54) is 0 Å². The molecular weight excluding hydrogens is 330 g/mol. The summed E-state index contributed by atoms with van der Waals surface area (Å²) in [5, 5.41) is 0. The number of nitrogens with zero attached hydrogens (tertiary/aromatic N) is 1. The van der Waals surface area contributed by atoms with Gasteiger partial charge < -0.3 is 0 Å². The molecule has 3 nitrogen and oxygen atoms in total. The van der Waals surface area contributed by atoms with Gasteiger partial charge in [-0.25, -0.2) is 8.42 Å². The molecule has 0 radical (unpaired) electrons. The molecule has 0 aromatic heterocycles. The van der Waals surface area contributed by atoms with Gasteiger partial charge in [-0.15, -0.1) is 0 Å². The first-order chi connectivity index (χ1) is 11.9. The summed E-state index contributed by atoms with van der Waals surface area (Å²) in [5.41, 5.74) is 4.15. The molecule has 25 heavy (non-hydrogen) atoms. The van der Waals surface area contributed by atoms with E-state index in [4.69, 9.17) is 0 Å². The molecule has 0 aliphatic carbocycles. The highest BCUT2D eigenvalue weighted by atomic mass is 32.2. The van der Waals surface area contributed by atoms with Crippen LogP contribution in [-0.2, 0) is 10.0 Å². The first-order valence-electron chi connectivity index (χ1n) is 8.36. The first kappa shape index (κ1) is 17.6. The number of sulfonamides is 1. The molecule has 2 aromatic carbocycles. The van der Waals surface area contributed by atoms with Gasteiger partial charge >= 0.3 is 0 Å². The van der Waals surface area contributed by atoms with Crippen molar-refractivity contribution in [1.82, 2.24) is 4.31 Å². The lowest BCUT2D eigenvalue weighted by atomic mass is 9.96. The Morgan fingerprint density at radius 2 is 1.76 bits per heavy atom. The molecule has 1 atom stereocenters. The van der Waals surface area contributed by atoms with Crippen LogP contribution in [0.25, 0.3) is 0 Å². The topological polar surface area (TPSA) is 37.4 Å². The zero-order valence-corrected chi connectivity index (χ0v) is 15.5. The fourth-order valence-corrected chi connectivity index (χ4v) is 4.78. The monoisotopic (exact) mass is 353 g/mol. The van der Waals surface area contributed by atoms with E-state index < -0.39 is 10.0 Å². The minimum absolute atomic E-state index is 0.274. The quantitative estimate of drug-likeness (QED) is 0.735. The lowest BCUT2D eigenvalue weighted by molar-refractivity contribution is 0.407. The van der Waals surface area contributed by atoms with Crippen molar-refractivity contribution in [2.45, 2.75) is 31.2 Å². The molecule has 0 amide bonds. The van der Waals surface area contributed by atoms with Crippen molar-refractivity contribution < 1.29 is 8.42 Å². The Morgan fingerprint density at radius 3 is 2.36 bits per heavy atom. The predicted octanol–water partition coefficient (Wildman–Crippen LogP) is 4.63. The van der Waals surface area contributed by atoms with Crippen LogP contribution in [-0.4, -0.2) is 19.3 Å². The van der Waals surface area contributed by atoms with Crippen molar-refractivity contribution in [3.05, 3.63) is 89.5 Å². The van der Waals surface area contributed by atoms with E-state index in [9.17, 15) is 8.42 Å². The molecule has 1 unspecified atom stereocenters. The largest absolute Gasteiger partial charge is 0.244 e. The van der Waals surface area contributed by atoms with Crippen LogP contribution in [0.1, 0.15) is 30.5 Å². The van der Waals surface area contributed by atoms with Crippen LogP contribution in [0.2, 0.25) is 0 Å². The van der Waals surface area contributed by atoms with E-state index >= 15 is 0 Å². The molecule has 4 heteroatoms. The Labute approximate surface area is 150 Å². The minimum Gasteiger partial charge on any atom is -0.207 e. The molecule has 3 rings (SSSR count). The maximum Gasteiger partial charge on any atom is 0.244 e. The van der Waals surface area contributed by atoms with Gasteiger partial charge in [-0.3, -0.25) is 0 Å². The molecule has 1 heterocycles. The molecule has 0 saturated heterocycles. The number of rotatable bonds is 5. The van der Waals surface area contributed by atoms with Gasteiger partial charge in [0, 0.05) is 6.54 Å². The van der Waals surface area contributed by atoms with Crippen molar-refractivity contribution >= 4 is 10.0 Å². The SMILES string of the molecule is C=C(C)CC1=CCN(S(=O)(=O)c2ccc(C)cc2)C1c1ccccc1. The molecule has 0 N–H and O–H groups in total. The van der Waals surface area contributed by atoms with Gasteiger partial charge in [0.2, 0.25) is 10.0 Å². The van der Waals surface area contributed by atoms with Crippen molar-refractivity contribution in [3.8, 4) is 0 Å². The molecule has 0 bridgehead atoms. The third-order valence-electron chi connectivity index (χ3n) is 4.42. The normalized spacial score (nSPS) is 18.2. The second kappa shape index (κ2) is 6.98. The van der Waals surface area contributed by atoms with Crippen LogP contribution >= 0.6 is 0 Å². The molecule has 0 fully saturated rings. The summed E-state index contributed by atoms with van der Waals surface area (Å²) >= 11 is 0. The minimum atomic E-state index is -3.57. The Hall–Kier alpha value is -2.17. The van der Waals surface area contributed by atoms with Crippen molar-refractivity contribution in [1.29, 1.82) is 0 Å². The Bertz CT molecular complexity index is 897. The van der Waals surface area contributed by atoms with E-state index in [1.54, 1.807) is 16.4 Å². The third-order valence-corrected chi connectivity index (χ3v) is 6.27. The fourth-order valence-electron chi connectivity index (χ4n) is 3.22. The highest BCUT2D eigenvalue weighted by Crippen LogP contribution is 2.39. The number of hydrogen-bond acceptors (Lipinski definition) is 2. The molecular formula is C21H23NO2S. The maximum atomic E-state index is 13.2. The second-order valence-corrected chi connectivity index (χ2v) is 8.50. The number of aryl methyl sites for hydroxylation is 1. The Morgan fingerprint density at radius 1 is 1.12 bits per heavy atom. The van der Waals surface area contributed by atoms with Gasteiger partial charge in [0.05, 0.1) is 10.9 Å². The predicted molar refractivity (Wildman–Crippen MR) is 102 cm³/mol. The first-order valence-corrected chi connectivity index (χ1v) is 9.80. The highest BCUT2D eigenvalue weighted by molar-refractivity contribution is 7.89. The van der Waals surface area contributed by atoms with E-state index in [0.717, 1.165) is 22.3 Å². The third kappa shape index (κ3) is 3.60. The van der Waals surface area contributed by atoms with Crippen LogP contribution in [0.3, 0.4) is 0 Å². The summed E-state index contributed by atoms with van der Waals surface area (Å²) in [7, 11) is -3.57. The van der Waals surface area contributed by atoms with Crippen molar-refractivity contribution in [2.24, 2.45) is 0 Å². The van der Waals surface area contributed by atoms with Crippen LogP contribution in [0.4, 0.5) is 0 Å². The summed E-state index contributed by atoms with van der Waals surface area (Å²) in [6.45, 7) is 8.30. The summed E-state index contributed by atoms with van der Waals surface area (Å²) in [6.07, 6.45) is 2.73. The van der Waals surface area contributed by atoms with E-state index in [-0.39, 0.29) is 6.04 Å². The molecule has 0 saturated carbocycles. The fraction of sp³-hybridized carbons (Fsp3) is 0.238. The lowest BCUT2D eigenvalue weighted by Gasteiger charge is -2.27. The standard InChI is InChI=1S/C21H23NO2S/c1-16(2)15-19-13-14-22(21(19)18-7-5-4-6-8-18)25(23,24)20-11-9-17(3)10-12-20/h4-13,21H,1,14-15H2,2-3H3. The average molecular weight is 353 g/mol. The Balaban J connectivity index is 2.03. The average Bonchev–Trinajstić information content (AvgIpc) is 2.99. The van der Waals surface area contributed by atoms with Crippen LogP contribution in [0.15, 0.2) is 83.3 Å². The molecule has 0 spiro atoms. The summed E-state index contributed by atoms with van der Waals surface area (Å²) in [6, 6.07) is 16.6. The van der Waals surface area contributed by atoms with Gasteiger partial charge in [0.1, 0.15) is 0 Å². The molecule has 2 aromatic rings. The van der Waals surface area contributed by atoms with Gasteiger partial charge in [0.15, 0.2) is 0 Å². The number of hydrogen-bond donors (Lipinski definition) is 0. The van der Waals surface area contributed by atoms with Gasteiger partial charge in [0.25, 0.3) is 0 Å². The molecule has 1 aliphatic heterocycles. The summed E-state index contributed by atoms with van der Waals surface area (Å²) in [4.78, 5) is 0.337. The van der Waals surface area contributed by atoms with Crippen LogP contribution in [0, 0.1) is 6.92 Å².